The fourth-order valence-corrected chi connectivity index (χ4v) is 2.31. The molecule has 4 nitrogen and oxygen atoms in total. The third kappa shape index (κ3) is 2.94. The van der Waals surface area contributed by atoms with Crippen molar-refractivity contribution < 1.29 is 4.74 Å². The standard InChI is InChI=1S/C13H21N3O/c1-14-9-5-8-12-15-11-7-4-3-6-10(11)13(16-12)17-2/h14H,3-9H2,1-2H3. The fourth-order valence-electron chi connectivity index (χ4n) is 2.31. The van der Waals surface area contributed by atoms with Gasteiger partial charge in [0.05, 0.1) is 12.8 Å². The minimum Gasteiger partial charge on any atom is -0.481 e. The number of hydrogen-bond donors (Lipinski definition) is 1. The van der Waals surface area contributed by atoms with Crippen molar-refractivity contribution in [3.05, 3.63) is 17.1 Å². The van der Waals surface area contributed by atoms with Crippen LogP contribution < -0.4 is 10.1 Å². The molecule has 1 aromatic heterocycles. The van der Waals surface area contributed by atoms with Crippen LogP contribution in [0.2, 0.25) is 0 Å². The van der Waals surface area contributed by atoms with Gasteiger partial charge in [-0.3, -0.25) is 0 Å². The first-order valence-corrected chi connectivity index (χ1v) is 6.42. The molecule has 0 unspecified atom stereocenters. The second-order valence-corrected chi connectivity index (χ2v) is 4.49. The van der Waals surface area contributed by atoms with Gasteiger partial charge >= 0.3 is 0 Å². The van der Waals surface area contributed by atoms with Crippen LogP contribution in [-0.2, 0) is 19.3 Å². The van der Waals surface area contributed by atoms with Gasteiger partial charge in [-0.2, -0.15) is 4.98 Å². The largest absolute Gasteiger partial charge is 0.481 e. The Balaban J connectivity index is 2.17. The van der Waals surface area contributed by atoms with E-state index < -0.39 is 0 Å². The molecule has 4 heteroatoms. The Bertz CT molecular complexity index is 362. The molecule has 0 aromatic carbocycles. The molecule has 1 aliphatic rings. The molecule has 0 bridgehead atoms. The summed E-state index contributed by atoms with van der Waals surface area (Å²) in [5.41, 5.74) is 2.44. The highest BCUT2D eigenvalue weighted by molar-refractivity contribution is 5.33. The fraction of sp³-hybridized carbons (Fsp3) is 0.692. The van der Waals surface area contributed by atoms with Gasteiger partial charge in [-0.25, -0.2) is 4.98 Å². The molecule has 0 fully saturated rings. The van der Waals surface area contributed by atoms with Gasteiger partial charge in [-0.05, 0) is 45.7 Å². The zero-order valence-electron chi connectivity index (χ0n) is 10.8. The second kappa shape index (κ2) is 5.96. The van der Waals surface area contributed by atoms with E-state index in [0.717, 1.165) is 43.9 Å². The van der Waals surface area contributed by atoms with E-state index in [9.17, 15) is 0 Å². The van der Waals surface area contributed by atoms with Crippen LogP contribution in [0.25, 0.3) is 0 Å². The van der Waals surface area contributed by atoms with Crippen molar-refractivity contribution in [1.82, 2.24) is 15.3 Å². The number of nitrogens with one attached hydrogen (secondary N) is 1. The summed E-state index contributed by atoms with van der Waals surface area (Å²) in [6.45, 7) is 1.00. The van der Waals surface area contributed by atoms with Gasteiger partial charge in [0, 0.05) is 12.0 Å². The van der Waals surface area contributed by atoms with E-state index in [1.807, 2.05) is 7.05 Å². The summed E-state index contributed by atoms with van der Waals surface area (Å²) in [5.74, 6) is 1.73. The van der Waals surface area contributed by atoms with Crippen LogP contribution in [0.4, 0.5) is 0 Å². The minimum absolute atomic E-state index is 0.800. The average molecular weight is 235 g/mol. The highest BCUT2D eigenvalue weighted by atomic mass is 16.5. The smallest absolute Gasteiger partial charge is 0.219 e. The number of aromatic nitrogens is 2. The molecule has 0 saturated carbocycles. The van der Waals surface area contributed by atoms with Crippen molar-refractivity contribution in [2.45, 2.75) is 38.5 Å². The van der Waals surface area contributed by atoms with E-state index >= 15 is 0 Å². The Morgan fingerprint density at radius 1 is 1.24 bits per heavy atom. The van der Waals surface area contributed by atoms with E-state index in [4.69, 9.17) is 4.74 Å². The normalized spacial score (nSPS) is 14.5. The quantitative estimate of drug-likeness (QED) is 0.786. The van der Waals surface area contributed by atoms with Crippen molar-refractivity contribution in [2.75, 3.05) is 20.7 Å². The number of methoxy groups -OCH3 is 1. The Kier molecular flexibility index (Phi) is 4.31. The lowest BCUT2D eigenvalue weighted by Crippen LogP contribution is -2.14. The first-order chi connectivity index (χ1) is 8.35. The van der Waals surface area contributed by atoms with Crippen LogP contribution in [0.3, 0.4) is 0 Å². The van der Waals surface area contributed by atoms with Crippen molar-refractivity contribution in [1.29, 1.82) is 0 Å². The highest BCUT2D eigenvalue weighted by Crippen LogP contribution is 2.26. The van der Waals surface area contributed by atoms with Crippen LogP contribution in [0.5, 0.6) is 5.88 Å². The van der Waals surface area contributed by atoms with Crippen molar-refractivity contribution in [3.8, 4) is 5.88 Å². The first kappa shape index (κ1) is 12.3. The molecule has 17 heavy (non-hydrogen) atoms. The van der Waals surface area contributed by atoms with E-state index in [1.165, 1.54) is 24.1 Å². The Hall–Kier alpha value is -1.16. The van der Waals surface area contributed by atoms with Crippen molar-refractivity contribution in [2.24, 2.45) is 0 Å². The van der Waals surface area contributed by atoms with Gasteiger partial charge < -0.3 is 10.1 Å². The van der Waals surface area contributed by atoms with E-state index in [2.05, 4.69) is 15.3 Å². The molecule has 94 valence electrons. The van der Waals surface area contributed by atoms with Crippen LogP contribution >= 0.6 is 0 Å². The lowest BCUT2D eigenvalue weighted by Gasteiger charge is -2.18. The predicted molar refractivity (Wildman–Crippen MR) is 67.5 cm³/mol. The lowest BCUT2D eigenvalue weighted by atomic mass is 9.97. The molecule has 1 aromatic rings. The number of hydrogen-bond acceptors (Lipinski definition) is 4. The number of rotatable bonds is 5. The number of nitrogens with zero attached hydrogens (tertiary/aromatic N) is 2. The minimum atomic E-state index is 0.800. The molecule has 1 heterocycles. The third-order valence-electron chi connectivity index (χ3n) is 3.21. The maximum atomic E-state index is 5.39. The molecule has 1 aliphatic carbocycles. The van der Waals surface area contributed by atoms with Crippen LogP contribution in [0.15, 0.2) is 0 Å². The number of ether oxygens (including phenoxy) is 1. The van der Waals surface area contributed by atoms with Gasteiger partial charge in [-0.1, -0.05) is 0 Å². The molecule has 0 radical (unpaired) electrons. The first-order valence-electron chi connectivity index (χ1n) is 6.42. The van der Waals surface area contributed by atoms with Crippen molar-refractivity contribution >= 4 is 0 Å². The Morgan fingerprint density at radius 3 is 2.82 bits per heavy atom. The van der Waals surface area contributed by atoms with Crippen LogP contribution in [0.1, 0.15) is 36.3 Å². The monoisotopic (exact) mass is 235 g/mol. The number of fused-ring (bicyclic) bond motifs is 1. The summed E-state index contributed by atoms with van der Waals surface area (Å²) >= 11 is 0. The van der Waals surface area contributed by atoms with E-state index in [1.54, 1.807) is 7.11 Å². The Morgan fingerprint density at radius 2 is 2.06 bits per heavy atom. The van der Waals surface area contributed by atoms with Gasteiger partial charge in [0.2, 0.25) is 5.88 Å². The molecule has 0 spiro atoms. The SMILES string of the molecule is CNCCCc1nc2c(c(OC)n1)CCCC2. The Labute approximate surface area is 103 Å². The summed E-state index contributed by atoms with van der Waals surface area (Å²) in [6, 6.07) is 0. The summed E-state index contributed by atoms with van der Waals surface area (Å²) in [5, 5.41) is 3.14. The zero-order valence-corrected chi connectivity index (χ0v) is 10.8. The molecule has 0 saturated heterocycles. The molecular weight excluding hydrogens is 214 g/mol. The molecule has 0 amide bonds. The summed E-state index contributed by atoms with van der Waals surface area (Å²) in [4.78, 5) is 9.19. The molecule has 0 aliphatic heterocycles. The topological polar surface area (TPSA) is 47.0 Å². The maximum absolute atomic E-state index is 5.39. The molecule has 0 atom stereocenters. The summed E-state index contributed by atoms with van der Waals surface area (Å²) in [6.07, 6.45) is 6.60. The predicted octanol–water partition coefficient (Wildman–Crippen LogP) is 1.52. The zero-order chi connectivity index (χ0) is 12.1. The molecule has 1 N–H and O–H groups in total. The second-order valence-electron chi connectivity index (χ2n) is 4.49. The highest BCUT2D eigenvalue weighted by Gasteiger charge is 2.17. The average Bonchev–Trinajstić information content (AvgIpc) is 2.38. The van der Waals surface area contributed by atoms with E-state index in [-0.39, 0.29) is 0 Å². The van der Waals surface area contributed by atoms with Gasteiger partial charge in [0.25, 0.3) is 0 Å². The lowest BCUT2D eigenvalue weighted by molar-refractivity contribution is 0.384. The van der Waals surface area contributed by atoms with Crippen LogP contribution in [-0.4, -0.2) is 30.7 Å². The molecular formula is C13H21N3O. The maximum Gasteiger partial charge on any atom is 0.219 e. The molecule has 2 rings (SSSR count). The van der Waals surface area contributed by atoms with Gasteiger partial charge in [-0.15, -0.1) is 0 Å². The summed E-state index contributed by atoms with van der Waals surface area (Å²) in [7, 11) is 3.67. The van der Waals surface area contributed by atoms with Crippen LogP contribution in [0, 0.1) is 0 Å². The number of aryl methyl sites for hydroxylation is 2. The van der Waals surface area contributed by atoms with Gasteiger partial charge in [0.15, 0.2) is 0 Å². The van der Waals surface area contributed by atoms with Crippen molar-refractivity contribution in [3.63, 3.8) is 0 Å². The van der Waals surface area contributed by atoms with Gasteiger partial charge in [0.1, 0.15) is 5.82 Å². The van der Waals surface area contributed by atoms with E-state index in [0.29, 0.717) is 0 Å². The third-order valence-corrected chi connectivity index (χ3v) is 3.21. The summed E-state index contributed by atoms with van der Waals surface area (Å²) < 4.78 is 5.39.